The van der Waals surface area contributed by atoms with Gasteiger partial charge in [0.2, 0.25) is 0 Å². The first kappa shape index (κ1) is 17.8. The highest BCUT2D eigenvalue weighted by Crippen LogP contribution is 2.49. The van der Waals surface area contributed by atoms with E-state index in [1.807, 2.05) is 0 Å². The summed E-state index contributed by atoms with van der Waals surface area (Å²) in [4.78, 5) is 0. The summed E-state index contributed by atoms with van der Waals surface area (Å²) in [6.07, 6.45) is -12.5. The van der Waals surface area contributed by atoms with Crippen LogP contribution < -0.4 is 0 Å². The molecule has 0 heterocycles. The van der Waals surface area contributed by atoms with E-state index < -0.39 is 58.1 Å². The fourth-order valence-corrected chi connectivity index (χ4v) is 2.17. The molecule has 21 heavy (non-hydrogen) atoms. The Labute approximate surface area is 111 Å². The molecule has 0 aliphatic heterocycles. The third-order valence-electron chi connectivity index (χ3n) is 2.32. The van der Waals surface area contributed by atoms with Crippen LogP contribution in [0, 0.1) is 0 Å². The molecular formula is C8H4F8O4S. The normalized spacial score (nSPS) is 28.3. The number of halogens is 8. The van der Waals surface area contributed by atoms with Gasteiger partial charge in [0, 0.05) is 0 Å². The van der Waals surface area contributed by atoms with Crippen molar-refractivity contribution in [1.82, 2.24) is 0 Å². The lowest BCUT2D eigenvalue weighted by Crippen LogP contribution is -2.50. The van der Waals surface area contributed by atoms with E-state index in [1.54, 1.807) is 0 Å². The van der Waals surface area contributed by atoms with Gasteiger partial charge in [-0.15, -0.1) is 0 Å². The minimum Gasteiger partial charge on any atom is -0.264 e. The number of rotatable bonds is 3. The molecule has 0 aromatic carbocycles. The van der Waals surface area contributed by atoms with Crippen LogP contribution in [-0.4, -0.2) is 30.9 Å². The van der Waals surface area contributed by atoms with E-state index in [-0.39, 0.29) is 0 Å². The quantitative estimate of drug-likeness (QED) is 0.629. The molecule has 0 spiro atoms. The van der Waals surface area contributed by atoms with Crippen molar-refractivity contribution in [1.29, 1.82) is 0 Å². The minimum atomic E-state index is -5.98. The van der Waals surface area contributed by atoms with Crippen LogP contribution >= 0.6 is 0 Å². The second-order valence-electron chi connectivity index (χ2n) is 3.84. The molecule has 4 nitrogen and oxygen atoms in total. The average molecular weight is 348 g/mol. The lowest BCUT2D eigenvalue weighted by Gasteiger charge is -2.35. The Hall–Kier alpha value is -1.21. The molecule has 1 aliphatic carbocycles. The highest BCUT2D eigenvalue weighted by molar-refractivity contribution is 7.80. The summed E-state index contributed by atoms with van der Waals surface area (Å²) in [6.45, 7) is 0. The topological polar surface area (TPSA) is 63.6 Å². The Kier molecular flexibility index (Phi) is 4.42. The smallest absolute Gasteiger partial charge is 0.264 e. The molecule has 13 heteroatoms. The molecule has 2 atom stereocenters. The fourth-order valence-electron chi connectivity index (χ4n) is 1.58. The van der Waals surface area contributed by atoms with Gasteiger partial charge in [-0.2, -0.15) is 21.6 Å². The first-order chi connectivity index (χ1) is 9.21. The third-order valence-corrected chi connectivity index (χ3v) is 2.82. The largest absolute Gasteiger partial charge is 0.398 e. The van der Waals surface area contributed by atoms with Crippen LogP contribution in [0.4, 0.5) is 35.1 Å². The summed E-state index contributed by atoms with van der Waals surface area (Å²) in [7, 11) is -5.98. The summed E-state index contributed by atoms with van der Waals surface area (Å²) in [5.41, 5.74) is -4.48. The van der Waals surface area contributed by atoms with Crippen LogP contribution in [0.3, 0.4) is 0 Å². The van der Waals surface area contributed by atoms with Crippen LogP contribution in [0.1, 0.15) is 6.42 Å². The standard InChI is InChI=1S/C8H4F8O4S/c9-2-3(10)5(12)7(1-8(14,15)16,6(13)4(2)11)20-21(17,18)19/h5H,1H2,(H,17,18,19). The second kappa shape index (κ2) is 5.21. The zero-order valence-corrected chi connectivity index (χ0v) is 10.2. The van der Waals surface area contributed by atoms with E-state index in [0.717, 1.165) is 0 Å². The van der Waals surface area contributed by atoms with Crippen molar-refractivity contribution < 1.29 is 52.3 Å². The van der Waals surface area contributed by atoms with Gasteiger partial charge in [0.25, 0.3) is 0 Å². The monoisotopic (exact) mass is 348 g/mol. The van der Waals surface area contributed by atoms with E-state index in [0.29, 0.717) is 0 Å². The van der Waals surface area contributed by atoms with Gasteiger partial charge in [0.1, 0.15) is 0 Å². The van der Waals surface area contributed by atoms with Gasteiger partial charge in [-0.25, -0.2) is 26.1 Å². The molecule has 1 rings (SSSR count). The van der Waals surface area contributed by atoms with Gasteiger partial charge in [-0.3, -0.25) is 4.55 Å². The third kappa shape index (κ3) is 3.52. The molecule has 1 aliphatic rings. The van der Waals surface area contributed by atoms with Crippen LogP contribution in [-0.2, 0) is 14.6 Å². The van der Waals surface area contributed by atoms with Crippen molar-refractivity contribution in [2.75, 3.05) is 0 Å². The predicted molar refractivity (Wildman–Crippen MR) is 49.4 cm³/mol. The minimum absolute atomic E-state index is 2.78. The SMILES string of the molecule is O=S(=O)(O)OC1(CC(F)(F)F)C(F)=C(F)C(F)=C(F)C1F. The van der Waals surface area contributed by atoms with Gasteiger partial charge < -0.3 is 0 Å². The van der Waals surface area contributed by atoms with E-state index >= 15 is 0 Å². The summed E-state index contributed by atoms with van der Waals surface area (Å²) < 4.78 is 135. The second-order valence-corrected chi connectivity index (χ2v) is 4.87. The summed E-state index contributed by atoms with van der Waals surface area (Å²) in [6, 6.07) is 0. The molecule has 1 N–H and O–H groups in total. The van der Waals surface area contributed by atoms with Gasteiger partial charge >= 0.3 is 16.6 Å². The Balaban J connectivity index is 3.58. The maximum Gasteiger partial charge on any atom is 0.398 e. The number of hydrogen-bond donors (Lipinski definition) is 1. The average Bonchev–Trinajstić information content (AvgIpc) is 2.28. The molecule has 2 unspecified atom stereocenters. The van der Waals surface area contributed by atoms with Crippen molar-refractivity contribution in [2.24, 2.45) is 0 Å². The van der Waals surface area contributed by atoms with E-state index in [1.165, 1.54) is 0 Å². The first-order valence-corrected chi connectivity index (χ1v) is 6.08. The van der Waals surface area contributed by atoms with Crippen molar-refractivity contribution in [3.8, 4) is 0 Å². The summed E-state index contributed by atoms with van der Waals surface area (Å²) in [5, 5.41) is 0. The lowest BCUT2D eigenvalue weighted by molar-refractivity contribution is -0.177. The number of hydrogen-bond acceptors (Lipinski definition) is 3. The van der Waals surface area contributed by atoms with Gasteiger partial charge in [0.05, 0.1) is 6.42 Å². The number of allylic oxidation sites excluding steroid dienone is 2. The molecule has 122 valence electrons. The van der Waals surface area contributed by atoms with Crippen molar-refractivity contribution in [3.63, 3.8) is 0 Å². The molecule has 0 bridgehead atoms. The molecule has 0 saturated heterocycles. The Morgan fingerprint density at radius 2 is 1.62 bits per heavy atom. The van der Waals surface area contributed by atoms with Gasteiger partial charge in [-0.05, 0) is 0 Å². The van der Waals surface area contributed by atoms with E-state index in [4.69, 9.17) is 4.55 Å². The summed E-state index contributed by atoms with van der Waals surface area (Å²) >= 11 is 0. The van der Waals surface area contributed by atoms with Crippen molar-refractivity contribution in [2.45, 2.75) is 24.4 Å². The zero-order chi connectivity index (χ0) is 16.8. The maximum absolute atomic E-state index is 13.5. The Bertz CT molecular complexity index is 606. The highest BCUT2D eigenvalue weighted by Gasteiger charge is 2.61. The summed E-state index contributed by atoms with van der Waals surface area (Å²) in [5.74, 6) is -11.5. The van der Waals surface area contributed by atoms with Crippen LogP contribution in [0.5, 0.6) is 0 Å². The number of alkyl halides is 4. The highest BCUT2D eigenvalue weighted by atomic mass is 32.3. The van der Waals surface area contributed by atoms with Gasteiger partial charge in [-0.1, -0.05) is 0 Å². The van der Waals surface area contributed by atoms with E-state index in [9.17, 15) is 43.5 Å². The van der Waals surface area contributed by atoms with Crippen LogP contribution in [0.25, 0.3) is 0 Å². The molecule has 0 amide bonds. The van der Waals surface area contributed by atoms with Crippen LogP contribution in [0.2, 0.25) is 0 Å². The van der Waals surface area contributed by atoms with Crippen molar-refractivity contribution >= 4 is 10.4 Å². The lowest BCUT2D eigenvalue weighted by atomic mass is 9.87. The maximum atomic E-state index is 13.5. The van der Waals surface area contributed by atoms with Crippen LogP contribution in [0.15, 0.2) is 23.3 Å². The van der Waals surface area contributed by atoms with Crippen molar-refractivity contribution in [3.05, 3.63) is 23.3 Å². The fraction of sp³-hybridized carbons (Fsp3) is 0.500. The zero-order valence-electron chi connectivity index (χ0n) is 9.39. The predicted octanol–water partition coefficient (Wildman–Crippen LogP) is 3.15. The molecular weight excluding hydrogens is 344 g/mol. The molecule has 0 aromatic rings. The Morgan fingerprint density at radius 3 is 2.00 bits per heavy atom. The van der Waals surface area contributed by atoms with E-state index in [2.05, 4.69) is 4.18 Å². The Morgan fingerprint density at radius 1 is 1.14 bits per heavy atom. The first-order valence-electron chi connectivity index (χ1n) is 4.71. The molecule has 0 fully saturated rings. The molecule has 0 aromatic heterocycles. The molecule has 0 radical (unpaired) electrons. The molecule has 0 saturated carbocycles. The van der Waals surface area contributed by atoms with Gasteiger partial charge in [0.15, 0.2) is 35.1 Å².